The van der Waals surface area contributed by atoms with Crippen LogP contribution in [-0.4, -0.2) is 29.3 Å². The SMILES string of the molecule is CCCN1C(=O)C(O)(c2ccc3ccccc3c2)c2c(Cl)cc(C#CCCO)cc21. The number of carbonyl (C=O) groups is 1. The van der Waals surface area contributed by atoms with Crippen LogP contribution in [-0.2, 0) is 10.4 Å². The number of amides is 1. The summed E-state index contributed by atoms with van der Waals surface area (Å²) in [5.41, 5.74) is 0.253. The molecule has 1 heterocycles. The lowest BCUT2D eigenvalue weighted by molar-refractivity contribution is -0.132. The number of aliphatic hydroxyl groups is 2. The molecule has 30 heavy (non-hydrogen) atoms. The molecule has 0 saturated heterocycles. The van der Waals surface area contributed by atoms with E-state index in [1.807, 2.05) is 43.3 Å². The van der Waals surface area contributed by atoms with Crippen molar-refractivity contribution < 1.29 is 15.0 Å². The van der Waals surface area contributed by atoms with E-state index in [9.17, 15) is 9.90 Å². The van der Waals surface area contributed by atoms with Crippen molar-refractivity contribution in [1.29, 1.82) is 0 Å². The average molecular weight is 420 g/mol. The van der Waals surface area contributed by atoms with Crippen molar-refractivity contribution in [2.75, 3.05) is 18.1 Å². The molecule has 0 radical (unpaired) electrons. The van der Waals surface area contributed by atoms with Gasteiger partial charge in [-0.05, 0) is 41.0 Å². The number of hydrogen-bond donors (Lipinski definition) is 2. The first-order valence-electron chi connectivity index (χ1n) is 9.98. The van der Waals surface area contributed by atoms with Crippen molar-refractivity contribution in [3.8, 4) is 11.8 Å². The van der Waals surface area contributed by atoms with Crippen LogP contribution in [0.4, 0.5) is 5.69 Å². The van der Waals surface area contributed by atoms with Gasteiger partial charge in [0.05, 0.1) is 17.3 Å². The number of aliphatic hydroxyl groups excluding tert-OH is 1. The molecule has 0 fully saturated rings. The number of carbonyl (C=O) groups excluding carboxylic acids is 1. The highest BCUT2D eigenvalue weighted by Gasteiger charge is 2.52. The molecule has 1 aliphatic heterocycles. The number of halogens is 1. The number of anilines is 1. The van der Waals surface area contributed by atoms with E-state index in [4.69, 9.17) is 16.7 Å². The smallest absolute Gasteiger partial charge is 0.268 e. The Bertz CT molecular complexity index is 1190. The molecule has 1 atom stereocenters. The summed E-state index contributed by atoms with van der Waals surface area (Å²) in [6.07, 6.45) is 1.09. The first-order chi connectivity index (χ1) is 14.5. The van der Waals surface area contributed by atoms with Gasteiger partial charge in [0.25, 0.3) is 5.91 Å². The van der Waals surface area contributed by atoms with Gasteiger partial charge in [-0.3, -0.25) is 4.79 Å². The van der Waals surface area contributed by atoms with Gasteiger partial charge >= 0.3 is 0 Å². The molecule has 3 aromatic rings. The van der Waals surface area contributed by atoms with Crippen molar-refractivity contribution in [3.05, 3.63) is 76.3 Å². The largest absolute Gasteiger partial charge is 0.395 e. The molecule has 4 rings (SSSR count). The molecule has 0 bridgehead atoms. The zero-order valence-corrected chi connectivity index (χ0v) is 17.4. The van der Waals surface area contributed by atoms with E-state index in [2.05, 4.69) is 11.8 Å². The third-order valence-corrected chi connectivity index (χ3v) is 5.66. The Morgan fingerprint density at radius 2 is 1.87 bits per heavy atom. The minimum Gasteiger partial charge on any atom is -0.395 e. The predicted molar refractivity (Wildman–Crippen MR) is 120 cm³/mol. The van der Waals surface area contributed by atoms with Crippen LogP contribution >= 0.6 is 11.6 Å². The zero-order valence-electron chi connectivity index (χ0n) is 16.7. The van der Waals surface area contributed by atoms with Crippen molar-refractivity contribution in [1.82, 2.24) is 0 Å². The molecular formula is C25H22ClNO3. The molecular weight excluding hydrogens is 398 g/mol. The molecule has 1 amide bonds. The monoisotopic (exact) mass is 419 g/mol. The second kappa shape index (κ2) is 8.12. The normalized spacial score (nSPS) is 17.7. The highest BCUT2D eigenvalue weighted by molar-refractivity contribution is 6.33. The third-order valence-electron chi connectivity index (χ3n) is 5.36. The Hall–Kier alpha value is -2.84. The van der Waals surface area contributed by atoms with E-state index in [1.54, 1.807) is 23.1 Å². The van der Waals surface area contributed by atoms with E-state index in [1.165, 1.54) is 0 Å². The maximum atomic E-state index is 13.5. The van der Waals surface area contributed by atoms with Gasteiger partial charge in [0, 0.05) is 24.1 Å². The maximum absolute atomic E-state index is 13.5. The summed E-state index contributed by atoms with van der Waals surface area (Å²) in [7, 11) is 0. The summed E-state index contributed by atoms with van der Waals surface area (Å²) in [6.45, 7) is 2.42. The summed E-state index contributed by atoms with van der Waals surface area (Å²) in [6, 6.07) is 16.8. The lowest BCUT2D eigenvalue weighted by Gasteiger charge is -2.24. The van der Waals surface area contributed by atoms with Crippen LogP contribution in [0.1, 0.15) is 36.5 Å². The van der Waals surface area contributed by atoms with Crippen LogP contribution in [0.2, 0.25) is 5.02 Å². The molecule has 1 unspecified atom stereocenters. The second-order valence-electron chi connectivity index (χ2n) is 7.36. The second-order valence-corrected chi connectivity index (χ2v) is 7.76. The number of benzene rings is 3. The Morgan fingerprint density at radius 3 is 2.60 bits per heavy atom. The predicted octanol–water partition coefficient (Wildman–Crippen LogP) is 4.22. The van der Waals surface area contributed by atoms with Crippen LogP contribution in [0.25, 0.3) is 10.8 Å². The third kappa shape index (κ3) is 3.26. The van der Waals surface area contributed by atoms with Crippen molar-refractivity contribution in [3.63, 3.8) is 0 Å². The van der Waals surface area contributed by atoms with E-state index < -0.39 is 11.5 Å². The van der Waals surface area contributed by atoms with Gasteiger partial charge in [-0.2, -0.15) is 0 Å². The highest BCUT2D eigenvalue weighted by atomic mass is 35.5. The summed E-state index contributed by atoms with van der Waals surface area (Å²) < 4.78 is 0. The minimum atomic E-state index is -1.86. The number of rotatable bonds is 4. The van der Waals surface area contributed by atoms with E-state index >= 15 is 0 Å². The molecule has 0 saturated carbocycles. The first kappa shape index (κ1) is 20.4. The molecule has 3 aromatic carbocycles. The van der Waals surface area contributed by atoms with Crippen LogP contribution in [0.5, 0.6) is 0 Å². The van der Waals surface area contributed by atoms with Gasteiger partial charge in [-0.25, -0.2) is 0 Å². The van der Waals surface area contributed by atoms with Gasteiger partial charge in [-0.1, -0.05) is 66.8 Å². The van der Waals surface area contributed by atoms with Crippen molar-refractivity contribution >= 4 is 34.0 Å². The van der Waals surface area contributed by atoms with Crippen LogP contribution in [0.15, 0.2) is 54.6 Å². The van der Waals surface area contributed by atoms with Gasteiger partial charge in [0.1, 0.15) is 0 Å². The first-order valence-corrected chi connectivity index (χ1v) is 10.4. The summed E-state index contributed by atoms with van der Waals surface area (Å²) >= 11 is 6.61. The lowest BCUT2D eigenvalue weighted by atomic mass is 9.86. The summed E-state index contributed by atoms with van der Waals surface area (Å²) in [5.74, 6) is 5.44. The maximum Gasteiger partial charge on any atom is 0.268 e. The van der Waals surface area contributed by atoms with Gasteiger partial charge in [0.2, 0.25) is 0 Å². The molecule has 2 N–H and O–H groups in total. The summed E-state index contributed by atoms with van der Waals surface area (Å²) in [4.78, 5) is 15.1. The molecule has 0 spiro atoms. The zero-order chi connectivity index (χ0) is 21.3. The standard InChI is InChI=1S/C25H22ClNO3/c1-2-12-27-22-15-17(7-5-6-13-28)14-21(26)23(22)25(30,24(27)29)20-11-10-18-8-3-4-9-19(18)16-20/h3-4,8-11,14-16,28,30H,2,6,12-13H2,1H3. The Labute approximate surface area is 180 Å². The Balaban J connectivity index is 1.92. The fraction of sp³-hybridized carbons (Fsp3) is 0.240. The van der Waals surface area contributed by atoms with Crippen molar-refractivity contribution in [2.45, 2.75) is 25.4 Å². The van der Waals surface area contributed by atoms with E-state index in [0.29, 0.717) is 40.4 Å². The quantitative estimate of drug-likeness (QED) is 0.622. The molecule has 152 valence electrons. The number of fused-ring (bicyclic) bond motifs is 2. The van der Waals surface area contributed by atoms with E-state index in [0.717, 1.165) is 17.2 Å². The van der Waals surface area contributed by atoms with Crippen LogP contribution < -0.4 is 4.90 Å². The molecule has 4 nitrogen and oxygen atoms in total. The van der Waals surface area contributed by atoms with Gasteiger partial charge < -0.3 is 15.1 Å². The average Bonchev–Trinajstić information content (AvgIpc) is 2.97. The van der Waals surface area contributed by atoms with Crippen molar-refractivity contribution in [2.24, 2.45) is 0 Å². The molecule has 5 heteroatoms. The molecule has 0 aliphatic carbocycles. The topological polar surface area (TPSA) is 60.8 Å². The molecule has 0 aromatic heterocycles. The minimum absolute atomic E-state index is 0.0200. The Kier molecular flexibility index (Phi) is 5.53. The fourth-order valence-electron chi connectivity index (χ4n) is 4.00. The van der Waals surface area contributed by atoms with Crippen LogP contribution in [0.3, 0.4) is 0 Å². The fourth-order valence-corrected chi connectivity index (χ4v) is 4.35. The molecule has 1 aliphatic rings. The highest BCUT2D eigenvalue weighted by Crippen LogP contribution is 2.48. The number of nitrogens with zero attached hydrogens (tertiary/aromatic N) is 1. The Morgan fingerprint density at radius 1 is 1.10 bits per heavy atom. The van der Waals surface area contributed by atoms with E-state index in [-0.39, 0.29) is 6.61 Å². The van der Waals surface area contributed by atoms with Gasteiger partial charge in [-0.15, -0.1) is 0 Å². The number of hydrogen-bond acceptors (Lipinski definition) is 3. The summed E-state index contributed by atoms with van der Waals surface area (Å²) in [5, 5.41) is 23.0. The lowest BCUT2D eigenvalue weighted by Crippen LogP contribution is -2.41. The van der Waals surface area contributed by atoms with Gasteiger partial charge in [0.15, 0.2) is 5.60 Å². The van der Waals surface area contributed by atoms with Crippen LogP contribution in [0, 0.1) is 11.8 Å².